The normalized spacial score (nSPS) is 17.8. The van der Waals surface area contributed by atoms with E-state index in [1.54, 1.807) is 5.51 Å². The molecule has 1 amide bonds. The van der Waals surface area contributed by atoms with E-state index in [1.807, 2.05) is 9.42 Å². The molecule has 0 N–H and O–H groups in total. The zero-order valence-electron chi connectivity index (χ0n) is 14.6. The van der Waals surface area contributed by atoms with Gasteiger partial charge in [-0.2, -0.15) is 5.10 Å². The van der Waals surface area contributed by atoms with Crippen LogP contribution in [0.5, 0.6) is 0 Å². The Bertz CT molecular complexity index is 896. The van der Waals surface area contributed by atoms with Gasteiger partial charge >= 0.3 is 0 Å². The summed E-state index contributed by atoms with van der Waals surface area (Å²) in [7, 11) is 0. The summed E-state index contributed by atoms with van der Waals surface area (Å²) in [6, 6.07) is 8.38. The molecule has 130 valence electrons. The minimum absolute atomic E-state index is 0.249. The number of imidazole rings is 1. The highest BCUT2D eigenvalue weighted by Gasteiger charge is 2.30. The van der Waals surface area contributed by atoms with Crippen LogP contribution in [0.15, 0.2) is 29.8 Å². The van der Waals surface area contributed by atoms with Gasteiger partial charge in [-0.3, -0.25) is 4.79 Å². The SMILES string of the molecule is CCCC1CC(=O)N(Cc2c(-c3ccc(C)cc3)nc3scnn23)C1. The van der Waals surface area contributed by atoms with Crippen LogP contribution in [0.4, 0.5) is 0 Å². The Morgan fingerprint density at radius 1 is 1.28 bits per heavy atom. The first-order chi connectivity index (χ1) is 12.2. The Hall–Kier alpha value is -2.21. The molecule has 2 aromatic heterocycles. The maximum Gasteiger partial charge on any atom is 0.223 e. The number of amides is 1. The first-order valence-electron chi connectivity index (χ1n) is 8.81. The van der Waals surface area contributed by atoms with Crippen molar-refractivity contribution in [3.05, 3.63) is 41.0 Å². The van der Waals surface area contributed by atoms with Gasteiger partial charge in [0.05, 0.1) is 17.9 Å². The number of carbonyl (C=O) groups is 1. The lowest BCUT2D eigenvalue weighted by molar-refractivity contribution is -0.128. The van der Waals surface area contributed by atoms with Crippen LogP contribution in [0.25, 0.3) is 16.2 Å². The van der Waals surface area contributed by atoms with Gasteiger partial charge in [0, 0.05) is 18.5 Å². The Kier molecular flexibility index (Phi) is 4.29. The molecule has 1 aliphatic rings. The smallest absolute Gasteiger partial charge is 0.223 e. The minimum Gasteiger partial charge on any atom is -0.336 e. The van der Waals surface area contributed by atoms with Crippen LogP contribution in [0.2, 0.25) is 0 Å². The predicted molar refractivity (Wildman–Crippen MR) is 99.5 cm³/mol. The molecular weight excluding hydrogens is 332 g/mol. The molecule has 0 radical (unpaired) electrons. The quantitative estimate of drug-likeness (QED) is 0.698. The Balaban J connectivity index is 1.69. The fourth-order valence-electron chi connectivity index (χ4n) is 3.61. The summed E-state index contributed by atoms with van der Waals surface area (Å²) < 4.78 is 1.89. The van der Waals surface area contributed by atoms with E-state index in [2.05, 4.69) is 43.2 Å². The molecule has 3 heterocycles. The maximum atomic E-state index is 12.4. The van der Waals surface area contributed by atoms with Gasteiger partial charge in [0.15, 0.2) is 0 Å². The predicted octanol–water partition coefficient (Wildman–Crippen LogP) is 3.91. The van der Waals surface area contributed by atoms with Crippen LogP contribution in [0, 0.1) is 12.8 Å². The number of nitrogens with zero attached hydrogens (tertiary/aromatic N) is 4. The third kappa shape index (κ3) is 3.06. The summed E-state index contributed by atoms with van der Waals surface area (Å²) in [4.78, 5) is 20.1. The molecule has 1 saturated heterocycles. The van der Waals surface area contributed by atoms with Gasteiger partial charge in [0.25, 0.3) is 0 Å². The van der Waals surface area contributed by atoms with Gasteiger partial charge in [-0.05, 0) is 19.3 Å². The van der Waals surface area contributed by atoms with Crippen LogP contribution in [0.1, 0.15) is 37.4 Å². The number of fused-ring (bicyclic) bond motifs is 1. The number of benzene rings is 1. The molecule has 0 saturated carbocycles. The van der Waals surface area contributed by atoms with E-state index in [0.29, 0.717) is 18.9 Å². The molecule has 1 atom stereocenters. The number of aromatic nitrogens is 3. The third-order valence-corrected chi connectivity index (χ3v) is 5.57. The lowest BCUT2D eigenvalue weighted by Gasteiger charge is -2.17. The highest BCUT2D eigenvalue weighted by molar-refractivity contribution is 7.14. The number of carbonyl (C=O) groups excluding carboxylic acids is 1. The van der Waals surface area contributed by atoms with Gasteiger partial charge < -0.3 is 4.90 Å². The molecule has 1 unspecified atom stereocenters. The first kappa shape index (κ1) is 16.3. The van der Waals surface area contributed by atoms with Gasteiger partial charge in [-0.25, -0.2) is 9.50 Å². The fourth-order valence-corrected chi connectivity index (χ4v) is 4.25. The Labute approximate surface area is 151 Å². The Morgan fingerprint density at radius 2 is 2.08 bits per heavy atom. The number of aryl methyl sites for hydroxylation is 1. The standard InChI is InChI=1S/C19H22N4OS/c1-3-4-14-9-17(24)22(10-14)11-16-18(15-7-5-13(2)6-8-15)21-19-23(16)20-12-25-19/h5-8,12,14H,3-4,9-11H2,1-2H3. The van der Waals surface area contributed by atoms with Crippen molar-refractivity contribution in [2.45, 2.75) is 39.7 Å². The number of likely N-dealkylation sites (tertiary alicyclic amines) is 1. The maximum absolute atomic E-state index is 12.4. The summed E-state index contributed by atoms with van der Waals surface area (Å²) in [5, 5.41) is 4.44. The molecule has 25 heavy (non-hydrogen) atoms. The van der Waals surface area contributed by atoms with Crippen LogP contribution in [0.3, 0.4) is 0 Å². The highest BCUT2D eigenvalue weighted by Crippen LogP contribution is 2.30. The number of hydrogen-bond donors (Lipinski definition) is 0. The van der Waals surface area contributed by atoms with Crippen molar-refractivity contribution < 1.29 is 4.79 Å². The zero-order valence-corrected chi connectivity index (χ0v) is 15.4. The topological polar surface area (TPSA) is 50.5 Å². The molecule has 1 aromatic carbocycles. The van der Waals surface area contributed by atoms with Crippen molar-refractivity contribution in [2.24, 2.45) is 5.92 Å². The van der Waals surface area contributed by atoms with E-state index in [1.165, 1.54) is 16.9 Å². The van der Waals surface area contributed by atoms with Gasteiger partial charge in [0.1, 0.15) is 5.51 Å². The second kappa shape index (κ2) is 6.59. The molecule has 6 heteroatoms. The van der Waals surface area contributed by atoms with Gasteiger partial charge in [0.2, 0.25) is 10.9 Å². The van der Waals surface area contributed by atoms with Crippen LogP contribution in [-0.2, 0) is 11.3 Å². The van der Waals surface area contributed by atoms with E-state index in [-0.39, 0.29) is 5.91 Å². The van der Waals surface area contributed by atoms with E-state index in [4.69, 9.17) is 4.98 Å². The van der Waals surface area contributed by atoms with E-state index >= 15 is 0 Å². The summed E-state index contributed by atoms with van der Waals surface area (Å²) >= 11 is 1.52. The van der Waals surface area contributed by atoms with Crippen LogP contribution >= 0.6 is 11.3 Å². The van der Waals surface area contributed by atoms with Gasteiger partial charge in [-0.15, -0.1) is 0 Å². The fraction of sp³-hybridized carbons (Fsp3) is 0.421. The molecule has 3 aromatic rings. The lowest BCUT2D eigenvalue weighted by Crippen LogP contribution is -2.25. The van der Waals surface area contributed by atoms with E-state index in [9.17, 15) is 4.79 Å². The van der Waals surface area contributed by atoms with E-state index < -0.39 is 0 Å². The van der Waals surface area contributed by atoms with Crippen LogP contribution < -0.4 is 0 Å². The third-order valence-electron chi connectivity index (χ3n) is 4.90. The number of rotatable bonds is 5. The van der Waals surface area contributed by atoms with Crippen molar-refractivity contribution in [2.75, 3.05) is 6.54 Å². The highest BCUT2D eigenvalue weighted by atomic mass is 32.1. The lowest BCUT2D eigenvalue weighted by atomic mass is 10.0. The van der Waals surface area contributed by atoms with E-state index in [0.717, 1.165) is 41.3 Å². The summed E-state index contributed by atoms with van der Waals surface area (Å²) in [5.74, 6) is 0.734. The van der Waals surface area contributed by atoms with Crippen molar-refractivity contribution >= 4 is 22.2 Å². The second-order valence-corrected chi connectivity index (χ2v) is 7.65. The molecule has 0 spiro atoms. The molecule has 0 bridgehead atoms. The second-order valence-electron chi connectivity index (χ2n) is 6.84. The average molecular weight is 354 g/mol. The largest absolute Gasteiger partial charge is 0.336 e. The summed E-state index contributed by atoms with van der Waals surface area (Å²) in [5.41, 5.74) is 6.05. The summed E-state index contributed by atoms with van der Waals surface area (Å²) in [6.45, 7) is 5.68. The van der Waals surface area contributed by atoms with Gasteiger partial charge in [-0.1, -0.05) is 54.5 Å². The van der Waals surface area contributed by atoms with Crippen molar-refractivity contribution in [1.82, 2.24) is 19.5 Å². The average Bonchev–Trinajstić information content (AvgIpc) is 3.26. The molecule has 5 nitrogen and oxygen atoms in total. The van der Waals surface area contributed by atoms with Crippen molar-refractivity contribution in [3.63, 3.8) is 0 Å². The monoisotopic (exact) mass is 354 g/mol. The number of hydrogen-bond acceptors (Lipinski definition) is 4. The Morgan fingerprint density at radius 3 is 2.84 bits per heavy atom. The minimum atomic E-state index is 0.249. The first-order valence-corrected chi connectivity index (χ1v) is 9.69. The molecule has 4 rings (SSSR count). The van der Waals surface area contributed by atoms with Crippen LogP contribution in [-0.4, -0.2) is 31.9 Å². The summed E-state index contributed by atoms with van der Waals surface area (Å²) in [6.07, 6.45) is 2.92. The zero-order chi connectivity index (χ0) is 17.4. The molecule has 0 aliphatic carbocycles. The van der Waals surface area contributed by atoms with Crippen molar-refractivity contribution in [1.29, 1.82) is 0 Å². The van der Waals surface area contributed by atoms with Crippen molar-refractivity contribution in [3.8, 4) is 11.3 Å². The molecule has 1 aliphatic heterocycles. The molecule has 1 fully saturated rings. The molecular formula is C19H22N4OS.